The number of para-hydroxylation sites is 2. The number of aromatic nitrogens is 3. The second-order valence-electron chi connectivity index (χ2n) is 7.55. The second-order valence-corrected chi connectivity index (χ2v) is 7.91. The molecule has 0 unspecified atom stereocenters. The molecule has 7 heteroatoms. The first-order chi connectivity index (χ1) is 14.7. The Hall–Kier alpha value is -2.64. The molecular weight excluding hydrogens is 394 g/mol. The van der Waals surface area contributed by atoms with Gasteiger partial charge in [-0.2, -0.15) is 5.10 Å². The van der Waals surface area contributed by atoms with Crippen molar-refractivity contribution in [2.24, 2.45) is 0 Å². The third-order valence-corrected chi connectivity index (χ3v) is 5.93. The van der Waals surface area contributed by atoms with Crippen molar-refractivity contribution >= 4 is 17.9 Å². The summed E-state index contributed by atoms with van der Waals surface area (Å²) >= 11 is 5.74. The van der Waals surface area contributed by atoms with Gasteiger partial charge in [-0.3, -0.25) is 9.47 Å². The molecule has 0 atom stereocenters. The van der Waals surface area contributed by atoms with Crippen LogP contribution in [0.15, 0.2) is 54.6 Å². The lowest BCUT2D eigenvalue weighted by atomic mass is 10.2. The molecule has 0 N–H and O–H groups in total. The highest BCUT2D eigenvalue weighted by Crippen LogP contribution is 2.28. The highest BCUT2D eigenvalue weighted by Gasteiger charge is 2.20. The number of ether oxygens (including phenoxy) is 1. The number of aryl methyl sites for hydroxylation is 1. The average Bonchev–Trinajstić information content (AvgIpc) is 3.03. The average molecular weight is 424 g/mol. The molecule has 0 spiro atoms. The van der Waals surface area contributed by atoms with Crippen molar-refractivity contribution in [3.63, 3.8) is 0 Å². The second kappa shape index (κ2) is 9.45. The number of benzene rings is 2. The highest BCUT2D eigenvalue weighted by atomic mass is 32.1. The van der Waals surface area contributed by atoms with Crippen molar-refractivity contribution in [1.82, 2.24) is 19.2 Å². The Bertz CT molecular complexity index is 1020. The van der Waals surface area contributed by atoms with Crippen molar-refractivity contribution in [3.05, 3.63) is 70.8 Å². The molecule has 1 aliphatic heterocycles. The molecule has 1 saturated heterocycles. The van der Waals surface area contributed by atoms with Gasteiger partial charge < -0.3 is 9.64 Å². The Labute approximate surface area is 183 Å². The van der Waals surface area contributed by atoms with Crippen LogP contribution in [0, 0.1) is 11.7 Å². The van der Waals surface area contributed by atoms with E-state index >= 15 is 0 Å². The summed E-state index contributed by atoms with van der Waals surface area (Å²) in [6, 6.07) is 18.7. The maximum absolute atomic E-state index is 5.81. The summed E-state index contributed by atoms with van der Waals surface area (Å²) in [5.74, 6) is 1.92. The van der Waals surface area contributed by atoms with E-state index in [0.29, 0.717) is 6.61 Å². The van der Waals surface area contributed by atoms with Crippen molar-refractivity contribution in [2.75, 3.05) is 37.7 Å². The Morgan fingerprint density at radius 1 is 0.967 bits per heavy atom. The molecule has 1 fully saturated rings. The molecule has 0 bridgehead atoms. The number of hydrogen-bond donors (Lipinski definition) is 0. The molecule has 0 radical (unpaired) electrons. The predicted molar refractivity (Wildman–Crippen MR) is 123 cm³/mol. The van der Waals surface area contributed by atoms with Gasteiger partial charge in [0, 0.05) is 26.2 Å². The van der Waals surface area contributed by atoms with Crippen LogP contribution in [0.2, 0.25) is 0 Å². The van der Waals surface area contributed by atoms with E-state index in [0.717, 1.165) is 55.7 Å². The fourth-order valence-electron chi connectivity index (χ4n) is 3.90. The first kappa shape index (κ1) is 20.6. The molecule has 0 amide bonds. The van der Waals surface area contributed by atoms with Crippen LogP contribution in [0.5, 0.6) is 5.75 Å². The van der Waals surface area contributed by atoms with Gasteiger partial charge >= 0.3 is 0 Å². The van der Waals surface area contributed by atoms with Gasteiger partial charge in [0.1, 0.15) is 11.6 Å². The molecule has 3 aromatic rings. The Balaban J connectivity index is 1.40. The largest absolute Gasteiger partial charge is 0.492 e. The van der Waals surface area contributed by atoms with E-state index in [4.69, 9.17) is 22.1 Å². The minimum absolute atomic E-state index is 0.681. The van der Waals surface area contributed by atoms with Crippen LogP contribution in [0.1, 0.15) is 18.3 Å². The van der Waals surface area contributed by atoms with E-state index in [9.17, 15) is 0 Å². The lowest BCUT2D eigenvalue weighted by Gasteiger charge is -2.36. The van der Waals surface area contributed by atoms with E-state index in [-0.39, 0.29) is 0 Å². The summed E-state index contributed by atoms with van der Waals surface area (Å²) in [4.78, 5) is 4.81. The van der Waals surface area contributed by atoms with Gasteiger partial charge in [-0.1, -0.05) is 42.5 Å². The summed E-state index contributed by atoms with van der Waals surface area (Å²) in [6.07, 6.45) is 0. The number of hydrogen-bond acceptors (Lipinski definition) is 5. The zero-order valence-corrected chi connectivity index (χ0v) is 18.5. The molecule has 158 valence electrons. The minimum atomic E-state index is 0.681. The molecule has 2 aromatic carbocycles. The molecular formula is C23H29N5OS. The van der Waals surface area contributed by atoms with Gasteiger partial charge in [0.2, 0.25) is 0 Å². The summed E-state index contributed by atoms with van der Waals surface area (Å²) in [7, 11) is 0. The molecule has 6 nitrogen and oxygen atoms in total. The summed E-state index contributed by atoms with van der Waals surface area (Å²) in [5.41, 5.74) is 2.41. The van der Waals surface area contributed by atoms with E-state index in [1.165, 1.54) is 11.3 Å². The number of anilines is 1. The van der Waals surface area contributed by atoms with Gasteiger partial charge in [-0.25, -0.2) is 4.68 Å². The summed E-state index contributed by atoms with van der Waals surface area (Å²) < 4.78 is 10.7. The quantitative estimate of drug-likeness (QED) is 0.538. The molecule has 4 rings (SSSR count). The van der Waals surface area contributed by atoms with Crippen LogP contribution in [-0.4, -0.2) is 52.0 Å². The van der Waals surface area contributed by atoms with Crippen LogP contribution in [0.4, 0.5) is 5.69 Å². The Morgan fingerprint density at radius 3 is 2.40 bits per heavy atom. The maximum Gasteiger partial charge on any atom is 0.199 e. The van der Waals surface area contributed by atoms with E-state index < -0.39 is 0 Å². The fraction of sp³-hybridized carbons (Fsp3) is 0.391. The standard InChI is InChI=1S/C23H29N5OS/c1-3-29-22-12-8-7-11-21(22)26-15-13-25(14-16-26)18-28-23(30)27(19(2)24-28)17-20-9-5-4-6-10-20/h4-12H,3,13-18H2,1-2H3. The molecule has 0 aliphatic carbocycles. The van der Waals surface area contributed by atoms with Gasteiger partial charge in [0.25, 0.3) is 0 Å². The topological polar surface area (TPSA) is 38.5 Å². The Kier molecular flexibility index (Phi) is 6.50. The number of rotatable bonds is 7. The van der Waals surface area contributed by atoms with Crippen molar-refractivity contribution in [2.45, 2.75) is 27.1 Å². The fourth-order valence-corrected chi connectivity index (χ4v) is 4.20. The van der Waals surface area contributed by atoms with E-state index in [2.05, 4.69) is 50.8 Å². The lowest BCUT2D eigenvalue weighted by Crippen LogP contribution is -2.47. The van der Waals surface area contributed by atoms with Gasteiger partial charge in [-0.15, -0.1) is 0 Å². The normalized spacial score (nSPS) is 14.8. The lowest BCUT2D eigenvalue weighted by molar-refractivity contribution is 0.193. The van der Waals surface area contributed by atoms with Gasteiger partial charge in [0.05, 0.1) is 25.5 Å². The van der Waals surface area contributed by atoms with Gasteiger partial charge in [-0.05, 0) is 43.8 Å². The maximum atomic E-state index is 5.81. The predicted octanol–water partition coefficient (Wildman–Crippen LogP) is 3.95. The van der Waals surface area contributed by atoms with Crippen LogP contribution in [0.25, 0.3) is 0 Å². The van der Waals surface area contributed by atoms with Crippen LogP contribution >= 0.6 is 12.2 Å². The summed E-state index contributed by atoms with van der Waals surface area (Å²) in [6.45, 7) is 10.1. The van der Waals surface area contributed by atoms with Crippen LogP contribution in [0.3, 0.4) is 0 Å². The molecule has 30 heavy (non-hydrogen) atoms. The van der Waals surface area contributed by atoms with Crippen LogP contribution in [-0.2, 0) is 13.2 Å². The van der Waals surface area contributed by atoms with Crippen molar-refractivity contribution < 1.29 is 4.74 Å². The first-order valence-corrected chi connectivity index (χ1v) is 10.9. The first-order valence-electron chi connectivity index (χ1n) is 10.5. The number of piperazine rings is 1. The molecule has 2 heterocycles. The zero-order chi connectivity index (χ0) is 20.9. The Morgan fingerprint density at radius 2 is 1.67 bits per heavy atom. The van der Waals surface area contributed by atoms with Crippen LogP contribution < -0.4 is 9.64 Å². The smallest absolute Gasteiger partial charge is 0.199 e. The molecule has 0 saturated carbocycles. The third-order valence-electron chi connectivity index (χ3n) is 5.50. The van der Waals surface area contributed by atoms with Gasteiger partial charge in [0.15, 0.2) is 4.77 Å². The van der Waals surface area contributed by atoms with Crippen molar-refractivity contribution in [3.8, 4) is 5.75 Å². The van der Waals surface area contributed by atoms with E-state index in [1.807, 2.05) is 36.7 Å². The monoisotopic (exact) mass is 423 g/mol. The molecule has 1 aliphatic rings. The van der Waals surface area contributed by atoms with E-state index in [1.54, 1.807) is 0 Å². The third kappa shape index (κ3) is 4.57. The molecule has 1 aromatic heterocycles. The minimum Gasteiger partial charge on any atom is -0.492 e. The summed E-state index contributed by atoms with van der Waals surface area (Å²) in [5, 5.41) is 4.72. The zero-order valence-electron chi connectivity index (χ0n) is 17.7. The van der Waals surface area contributed by atoms with Crippen molar-refractivity contribution in [1.29, 1.82) is 0 Å². The number of nitrogens with zero attached hydrogens (tertiary/aromatic N) is 5. The highest BCUT2D eigenvalue weighted by molar-refractivity contribution is 7.71. The SMILES string of the molecule is CCOc1ccccc1N1CCN(Cn2nc(C)n(Cc3ccccc3)c2=S)CC1.